The fourth-order valence-electron chi connectivity index (χ4n) is 5.27. The smallest absolute Gasteiger partial charge is 0.246 e. The topological polar surface area (TPSA) is 38.3 Å². The highest BCUT2D eigenvalue weighted by molar-refractivity contribution is 5.92. The van der Waals surface area contributed by atoms with Gasteiger partial charge in [-0.25, -0.2) is 0 Å². The molecule has 0 spiro atoms. The van der Waals surface area contributed by atoms with Crippen LogP contribution in [0.3, 0.4) is 0 Å². The number of carbonyl (C=O) groups excluding carboxylic acids is 1. The summed E-state index contributed by atoms with van der Waals surface area (Å²) < 4.78 is 6.23. The summed E-state index contributed by atoms with van der Waals surface area (Å²) in [6.45, 7) is 14.9. The summed E-state index contributed by atoms with van der Waals surface area (Å²) in [6, 6.07) is 0.0693. The molecular weight excluding hydrogens is 274 g/mol. The lowest BCUT2D eigenvalue weighted by Gasteiger charge is -2.49. The molecule has 2 aliphatic carbocycles. The summed E-state index contributed by atoms with van der Waals surface area (Å²) in [7, 11) is 0. The van der Waals surface area contributed by atoms with Crippen molar-refractivity contribution in [3.05, 3.63) is 12.2 Å². The normalized spacial score (nSPS) is 43.5. The number of fused-ring (bicyclic) bond motifs is 2. The number of carbonyl (C=O) groups is 1. The van der Waals surface area contributed by atoms with Crippen LogP contribution in [-0.2, 0) is 9.53 Å². The summed E-state index contributed by atoms with van der Waals surface area (Å²) in [5.74, 6) is 1.50. The van der Waals surface area contributed by atoms with Crippen molar-refractivity contribution in [2.24, 2.45) is 22.7 Å². The van der Waals surface area contributed by atoms with Gasteiger partial charge in [0.05, 0.1) is 18.2 Å². The molecule has 1 heterocycles. The summed E-state index contributed by atoms with van der Waals surface area (Å²) in [4.78, 5) is 11.7. The van der Waals surface area contributed by atoms with Crippen molar-refractivity contribution >= 4 is 5.91 Å². The third-order valence-corrected chi connectivity index (χ3v) is 7.43. The summed E-state index contributed by atoms with van der Waals surface area (Å²) >= 11 is 0. The molecule has 3 fully saturated rings. The third kappa shape index (κ3) is 2.16. The van der Waals surface area contributed by atoms with Crippen molar-refractivity contribution in [3.8, 4) is 0 Å². The first-order chi connectivity index (χ1) is 10.2. The van der Waals surface area contributed by atoms with Gasteiger partial charge in [0, 0.05) is 12.0 Å². The molecule has 6 unspecified atom stereocenters. The van der Waals surface area contributed by atoms with Crippen molar-refractivity contribution in [1.29, 1.82) is 0 Å². The Morgan fingerprint density at radius 2 is 1.95 bits per heavy atom. The average molecular weight is 305 g/mol. The molecule has 124 valence electrons. The van der Waals surface area contributed by atoms with Crippen molar-refractivity contribution in [3.63, 3.8) is 0 Å². The van der Waals surface area contributed by atoms with Gasteiger partial charge in [0.25, 0.3) is 0 Å². The highest BCUT2D eigenvalue weighted by Crippen LogP contribution is 2.69. The monoisotopic (exact) mass is 305 g/mol. The molecule has 3 rings (SSSR count). The minimum atomic E-state index is -0.0624. The molecule has 3 heteroatoms. The van der Waals surface area contributed by atoms with E-state index < -0.39 is 0 Å². The molecule has 0 radical (unpaired) electrons. The zero-order chi connectivity index (χ0) is 16.3. The fourth-order valence-corrected chi connectivity index (χ4v) is 5.27. The van der Waals surface area contributed by atoms with E-state index in [1.807, 2.05) is 6.92 Å². The number of ether oxygens (including phenoxy) is 1. The molecule has 0 aromatic heterocycles. The Balaban J connectivity index is 1.56. The van der Waals surface area contributed by atoms with Crippen molar-refractivity contribution in [2.45, 2.75) is 78.6 Å². The van der Waals surface area contributed by atoms with Crippen LogP contribution in [0.1, 0.15) is 60.3 Å². The predicted octanol–water partition coefficient (Wildman–Crippen LogP) is 3.69. The van der Waals surface area contributed by atoms with Gasteiger partial charge in [-0.05, 0) is 55.8 Å². The van der Waals surface area contributed by atoms with Gasteiger partial charge in [0.15, 0.2) is 0 Å². The molecule has 2 bridgehead atoms. The molecule has 22 heavy (non-hydrogen) atoms. The Morgan fingerprint density at radius 3 is 2.41 bits per heavy atom. The van der Waals surface area contributed by atoms with E-state index in [4.69, 9.17) is 4.74 Å². The van der Waals surface area contributed by atoms with Gasteiger partial charge in [0.1, 0.15) is 0 Å². The number of rotatable bonds is 4. The largest absolute Gasteiger partial charge is 0.372 e. The SMILES string of the molecule is C=C(C)C(=O)NC(C)C1CC(C2CC3CCC2(C)C3(C)C)O1. The lowest BCUT2D eigenvalue weighted by atomic mass is 9.64. The molecule has 3 aliphatic rings. The molecule has 1 aliphatic heterocycles. The van der Waals surface area contributed by atoms with Gasteiger partial charge in [-0.2, -0.15) is 0 Å². The molecule has 1 N–H and O–H groups in total. The molecule has 1 saturated heterocycles. The maximum atomic E-state index is 11.7. The summed E-state index contributed by atoms with van der Waals surface area (Å²) in [6.07, 6.45) is 5.71. The van der Waals surface area contributed by atoms with Crippen LogP contribution in [0.5, 0.6) is 0 Å². The Morgan fingerprint density at radius 1 is 1.32 bits per heavy atom. The van der Waals surface area contributed by atoms with E-state index in [9.17, 15) is 4.79 Å². The zero-order valence-corrected chi connectivity index (χ0v) is 14.7. The van der Waals surface area contributed by atoms with Gasteiger partial charge in [-0.3, -0.25) is 4.79 Å². The van der Waals surface area contributed by atoms with Gasteiger partial charge in [-0.1, -0.05) is 27.4 Å². The van der Waals surface area contributed by atoms with E-state index in [-0.39, 0.29) is 18.1 Å². The molecule has 3 nitrogen and oxygen atoms in total. The van der Waals surface area contributed by atoms with Crippen molar-refractivity contribution in [1.82, 2.24) is 5.32 Å². The average Bonchev–Trinajstić information content (AvgIpc) is 2.70. The Kier molecular flexibility index (Phi) is 3.71. The van der Waals surface area contributed by atoms with Crippen molar-refractivity contribution in [2.75, 3.05) is 0 Å². The number of hydrogen-bond donors (Lipinski definition) is 1. The molecule has 6 atom stereocenters. The van der Waals surface area contributed by atoms with Crippen LogP contribution in [0.2, 0.25) is 0 Å². The molecule has 2 saturated carbocycles. The van der Waals surface area contributed by atoms with E-state index in [0.29, 0.717) is 28.4 Å². The van der Waals surface area contributed by atoms with Crippen LogP contribution >= 0.6 is 0 Å². The Bertz CT molecular complexity index is 492. The van der Waals surface area contributed by atoms with E-state index in [1.54, 1.807) is 6.92 Å². The second kappa shape index (κ2) is 5.09. The highest BCUT2D eigenvalue weighted by Gasteiger charge is 2.64. The summed E-state index contributed by atoms with van der Waals surface area (Å²) in [5, 5.41) is 2.99. The van der Waals surface area contributed by atoms with Crippen LogP contribution in [-0.4, -0.2) is 24.2 Å². The van der Waals surface area contributed by atoms with Crippen LogP contribution in [0.4, 0.5) is 0 Å². The maximum Gasteiger partial charge on any atom is 0.246 e. The minimum Gasteiger partial charge on any atom is -0.372 e. The number of nitrogens with one attached hydrogen (secondary N) is 1. The molecule has 0 aromatic carbocycles. The maximum absolute atomic E-state index is 11.7. The number of hydrogen-bond acceptors (Lipinski definition) is 2. The second-order valence-corrected chi connectivity index (χ2v) is 8.71. The Labute approximate surface area is 134 Å². The Hall–Kier alpha value is -0.830. The first-order valence-corrected chi connectivity index (χ1v) is 8.78. The lowest BCUT2D eigenvalue weighted by molar-refractivity contribution is -0.183. The van der Waals surface area contributed by atoms with Crippen LogP contribution < -0.4 is 5.32 Å². The first-order valence-electron chi connectivity index (χ1n) is 8.78. The van der Waals surface area contributed by atoms with Crippen molar-refractivity contribution < 1.29 is 9.53 Å². The quantitative estimate of drug-likeness (QED) is 0.805. The lowest BCUT2D eigenvalue weighted by Crippen LogP contribution is -2.55. The van der Waals surface area contributed by atoms with E-state index in [2.05, 4.69) is 32.7 Å². The summed E-state index contributed by atoms with van der Waals surface area (Å²) in [5.41, 5.74) is 1.44. The third-order valence-electron chi connectivity index (χ3n) is 7.43. The first kappa shape index (κ1) is 16.0. The van der Waals surface area contributed by atoms with Crippen LogP contribution in [0.25, 0.3) is 0 Å². The minimum absolute atomic E-state index is 0.0624. The van der Waals surface area contributed by atoms with E-state index in [1.165, 1.54) is 19.3 Å². The second-order valence-electron chi connectivity index (χ2n) is 8.71. The number of amides is 1. The van der Waals surface area contributed by atoms with Gasteiger partial charge in [-0.15, -0.1) is 0 Å². The van der Waals surface area contributed by atoms with E-state index >= 15 is 0 Å². The van der Waals surface area contributed by atoms with Crippen LogP contribution in [0.15, 0.2) is 12.2 Å². The van der Waals surface area contributed by atoms with E-state index in [0.717, 1.165) is 12.3 Å². The molecule has 1 amide bonds. The predicted molar refractivity (Wildman–Crippen MR) is 88.4 cm³/mol. The molecule has 0 aromatic rings. The van der Waals surface area contributed by atoms with Gasteiger partial charge < -0.3 is 10.1 Å². The standard InChI is InChI=1S/C19H31NO2/c1-11(2)17(21)20-12(3)15-10-16(22-15)14-9-13-7-8-19(14,6)18(13,4)5/h12-16H,1,7-10H2,2-6H3,(H,20,21). The highest BCUT2D eigenvalue weighted by atomic mass is 16.5. The zero-order valence-electron chi connectivity index (χ0n) is 14.7. The van der Waals surface area contributed by atoms with Gasteiger partial charge >= 0.3 is 0 Å². The van der Waals surface area contributed by atoms with Crippen LogP contribution in [0, 0.1) is 22.7 Å². The molecular formula is C19H31NO2. The van der Waals surface area contributed by atoms with Gasteiger partial charge in [0.2, 0.25) is 5.91 Å². The fraction of sp³-hybridized carbons (Fsp3) is 0.842.